The predicted octanol–water partition coefficient (Wildman–Crippen LogP) is -1.82. The van der Waals surface area contributed by atoms with Crippen molar-refractivity contribution in [1.29, 1.82) is 0 Å². The highest BCUT2D eigenvalue weighted by molar-refractivity contribution is 7.98. The lowest BCUT2D eigenvalue weighted by atomic mass is 10.0. The Labute approximate surface area is 214 Å². The lowest BCUT2D eigenvalue weighted by Gasteiger charge is -2.25. The van der Waals surface area contributed by atoms with Gasteiger partial charge in [-0.15, -0.1) is 0 Å². The van der Waals surface area contributed by atoms with Crippen LogP contribution in [-0.4, -0.2) is 88.6 Å². The van der Waals surface area contributed by atoms with Crippen molar-refractivity contribution < 1.29 is 34.2 Å². The van der Waals surface area contributed by atoms with Gasteiger partial charge in [0, 0.05) is 6.54 Å². The van der Waals surface area contributed by atoms with Gasteiger partial charge >= 0.3 is 11.9 Å². The molecule has 4 atom stereocenters. The fourth-order valence-corrected chi connectivity index (χ4v) is 3.54. The molecule has 0 aliphatic heterocycles. The summed E-state index contributed by atoms with van der Waals surface area (Å²) in [7, 11) is 0. The molecule has 0 radical (unpaired) electrons. The van der Waals surface area contributed by atoms with Gasteiger partial charge in [-0.05, 0) is 43.6 Å². The summed E-state index contributed by atoms with van der Waals surface area (Å²) in [6.07, 6.45) is 1.87. The van der Waals surface area contributed by atoms with Gasteiger partial charge in [0.05, 0.1) is 12.5 Å². The smallest absolute Gasteiger partial charge is 0.326 e. The van der Waals surface area contributed by atoms with E-state index in [1.165, 1.54) is 11.8 Å². The lowest BCUT2D eigenvalue weighted by Crippen LogP contribution is -2.57. The minimum atomic E-state index is -1.58. The van der Waals surface area contributed by atoms with Gasteiger partial charge in [-0.3, -0.25) is 24.2 Å². The van der Waals surface area contributed by atoms with E-state index in [2.05, 4.69) is 20.9 Å². The third kappa shape index (κ3) is 14.4. The number of nitrogens with two attached hydrogens (primary N) is 3. The van der Waals surface area contributed by atoms with Gasteiger partial charge in [0.15, 0.2) is 5.96 Å². The number of nitrogens with zero attached hydrogens (tertiary/aromatic N) is 1. The maximum atomic E-state index is 13.0. The fraction of sp³-hybridized carbons (Fsp3) is 0.714. The first-order chi connectivity index (χ1) is 16.8. The second-order valence-electron chi connectivity index (χ2n) is 8.59. The molecule has 0 aliphatic carbocycles. The van der Waals surface area contributed by atoms with E-state index in [1.54, 1.807) is 13.8 Å². The van der Waals surface area contributed by atoms with Gasteiger partial charge in [0.1, 0.15) is 18.1 Å². The Balaban J connectivity index is 5.60. The van der Waals surface area contributed by atoms with Crippen LogP contribution >= 0.6 is 11.8 Å². The summed E-state index contributed by atoms with van der Waals surface area (Å²) in [6, 6.07) is -4.89. The maximum absolute atomic E-state index is 13.0. The van der Waals surface area contributed by atoms with Crippen molar-refractivity contribution in [3.63, 3.8) is 0 Å². The number of thioether (sulfide) groups is 1. The van der Waals surface area contributed by atoms with E-state index < -0.39 is 60.2 Å². The molecule has 36 heavy (non-hydrogen) atoms. The number of carbonyl (C=O) groups excluding carboxylic acids is 3. The Bertz CT molecular complexity index is 791. The van der Waals surface area contributed by atoms with E-state index in [1.807, 2.05) is 6.26 Å². The standard InChI is InChI=1S/C21H39N7O7S/c1-11(2)9-15(20(34)35)28-19(33)14(10-16(29)30)27-18(32)13(5-4-7-25-21(23)24)26-17(31)12(22)6-8-36-3/h11-15H,4-10,22H2,1-3H3,(H,26,31)(H,27,32)(H,28,33)(H,29,30)(H,34,35)(H4,23,24,25). The minimum Gasteiger partial charge on any atom is -0.481 e. The Morgan fingerprint density at radius 2 is 1.44 bits per heavy atom. The summed E-state index contributed by atoms with van der Waals surface area (Å²) in [5.41, 5.74) is 16.5. The molecule has 0 aliphatic rings. The van der Waals surface area contributed by atoms with Crippen molar-refractivity contribution >= 4 is 47.4 Å². The van der Waals surface area contributed by atoms with Crippen LogP contribution in [0.4, 0.5) is 0 Å². The Kier molecular flexibility index (Phi) is 15.9. The first-order valence-corrected chi connectivity index (χ1v) is 12.8. The summed E-state index contributed by atoms with van der Waals surface area (Å²) >= 11 is 1.50. The summed E-state index contributed by atoms with van der Waals surface area (Å²) in [4.78, 5) is 64.8. The van der Waals surface area contributed by atoms with E-state index in [4.69, 9.17) is 17.2 Å². The highest BCUT2D eigenvalue weighted by Gasteiger charge is 2.31. The number of aliphatic carboxylic acids is 2. The normalized spacial score (nSPS) is 14.1. The zero-order valence-electron chi connectivity index (χ0n) is 20.9. The third-order valence-corrected chi connectivity index (χ3v) is 5.53. The van der Waals surface area contributed by atoms with Gasteiger partial charge in [-0.1, -0.05) is 13.8 Å². The molecule has 0 aromatic rings. The molecule has 0 fully saturated rings. The highest BCUT2D eigenvalue weighted by Crippen LogP contribution is 2.07. The van der Waals surface area contributed by atoms with Crippen molar-refractivity contribution in [2.75, 3.05) is 18.6 Å². The summed E-state index contributed by atoms with van der Waals surface area (Å²) in [6.45, 7) is 3.69. The Morgan fingerprint density at radius 1 is 0.889 bits per heavy atom. The van der Waals surface area contributed by atoms with Crippen LogP contribution in [0.15, 0.2) is 4.99 Å². The van der Waals surface area contributed by atoms with Crippen molar-refractivity contribution in [2.24, 2.45) is 28.1 Å². The molecule has 14 nitrogen and oxygen atoms in total. The average Bonchev–Trinajstić information content (AvgIpc) is 2.77. The first kappa shape index (κ1) is 32.9. The van der Waals surface area contributed by atoms with Gasteiger partial charge in [-0.25, -0.2) is 4.79 Å². The van der Waals surface area contributed by atoms with Crippen LogP contribution in [0.5, 0.6) is 0 Å². The molecule has 11 N–H and O–H groups in total. The number of nitrogens with one attached hydrogen (secondary N) is 3. The van der Waals surface area contributed by atoms with Crippen molar-refractivity contribution in [3.8, 4) is 0 Å². The first-order valence-electron chi connectivity index (χ1n) is 11.4. The molecule has 0 saturated carbocycles. The quantitative estimate of drug-likeness (QED) is 0.0553. The van der Waals surface area contributed by atoms with Crippen LogP contribution < -0.4 is 33.2 Å². The SMILES string of the molecule is CSCCC(N)C(=O)NC(CCCN=C(N)N)C(=O)NC(CC(=O)O)C(=O)NC(CC(C)C)C(=O)O. The molecular weight excluding hydrogens is 494 g/mol. The third-order valence-electron chi connectivity index (χ3n) is 4.88. The molecule has 206 valence electrons. The van der Waals surface area contributed by atoms with Crippen molar-refractivity contribution in [3.05, 3.63) is 0 Å². The van der Waals surface area contributed by atoms with Crippen molar-refractivity contribution in [2.45, 2.75) is 70.1 Å². The Hall–Kier alpha value is -3.07. The van der Waals surface area contributed by atoms with E-state index >= 15 is 0 Å². The topological polar surface area (TPSA) is 252 Å². The molecule has 3 amide bonds. The number of carboxylic acids is 2. The maximum Gasteiger partial charge on any atom is 0.326 e. The van der Waals surface area contributed by atoms with E-state index in [0.717, 1.165) is 0 Å². The zero-order valence-corrected chi connectivity index (χ0v) is 21.7. The minimum absolute atomic E-state index is 0.0656. The molecule has 15 heteroatoms. The molecule has 0 rings (SSSR count). The van der Waals surface area contributed by atoms with Crippen LogP contribution in [-0.2, 0) is 24.0 Å². The van der Waals surface area contributed by atoms with Gasteiger partial charge < -0.3 is 43.4 Å². The van der Waals surface area contributed by atoms with Crippen LogP contribution in [0.2, 0.25) is 0 Å². The number of hydrogen-bond donors (Lipinski definition) is 8. The summed E-state index contributed by atoms with van der Waals surface area (Å²) in [5, 5.41) is 25.7. The highest BCUT2D eigenvalue weighted by atomic mass is 32.2. The Morgan fingerprint density at radius 3 is 1.94 bits per heavy atom. The molecule has 0 heterocycles. The van der Waals surface area contributed by atoms with Gasteiger partial charge in [-0.2, -0.15) is 11.8 Å². The molecule has 0 spiro atoms. The zero-order chi connectivity index (χ0) is 27.8. The second-order valence-corrected chi connectivity index (χ2v) is 9.57. The molecule has 0 bridgehead atoms. The van der Waals surface area contributed by atoms with Crippen LogP contribution in [0.3, 0.4) is 0 Å². The molecular formula is C21H39N7O7S. The lowest BCUT2D eigenvalue weighted by molar-refractivity contribution is -0.144. The van der Waals surface area contributed by atoms with E-state index in [0.29, 0.717) is 12.2 Å². The molecule has 0 saturated heterocycles. The van der Waals surface area contributed by atoms with Gasteiger partial charge in [0.2, 0.25) is 17.7 Å². The van der Waals surface area contributed by atoms with Crippen LogP contribution in [0.25, 0.3) is 0 Å². The predicted molar refractivity (Wildman–Crippen MR) is 136 cm³/mol. The van der Waals surface area contributed by atoms with Gasteiger partial charge in [0.25, 0.3) is 0 Å². The number of carbonyl (C=O) groups is 5. The average molecular weight is 534 g/mol. The summed E-state index contributed by atoms with van der Waals surface area (Å²) < 4.78 is 0. The monoisotopic (exact) mass is 533 g/mol. The molecule has 0 aromatic heterocycles. The summed E-state index contributed by atoms with van der Waals surface area (Å²) in [5.74, 6) is -4.67. The van der Waals surface area contributed by atoms with Crippen molar-refractivity contribution in [1.82, 2.24) is 16.0 Å². The number of carboxylic acid groups (broad SMARTS) is 2. The number of aliphatic imine (C=N–C) groups is 1. The second kappa shape index (κ2) is 17.4. The van der Waals surface area contributed by atoms with Crippen LogP contribution in [0, 0.1) is 5.92 Å². The largest absolute Gasteiger partial charge is 0.481 e. The number of rotatable bonds is 18. The number of amides is 3. The molecule has 0 aromatic carbocycles. The van der Waals surface area contributed by atoms with E-state index in [-0.39, 0.29) is 37.7 Å². The van der Waals surface area contributed by atoms with E-state index in [9.17, 15) is 34.2 Å². The molecule has 4 unspecified atom stereocenters. The number of hydrogen-bond acceptors (Lipinski definition) is 8. The van der Waals surface area contributed by atoms with Crippen LogP contribution in [0.1, 0.15) is 46.0 Å². The fourth-order valence-electron chi connectivity index (χ4n) is 3.05. The number of guanidine groups is 1.